The monoisotopic (exact) mass is 293 g/mol. The van der Waals surface area contributed by atoms with Gasteiger partial charge in [0.15, 0.2) is 0 Å². The van der Waals surface area contributed by atoms with Crippen molar-refractivity contribution < 1.29 is 18.3 Å². The second-order valence-corrected chi connectivity index (χ2v) is 5.31. The number of halogens is 4. The fourth-order valence-corrected chi connectivity index (χ4v) is 2.53. The van der Waals surface area contributed by atoms with Crippen LogP contribution in [0, 0.1) is 0 Å². The smallest absolute Gasteiger partial charge is 0.393 e. The van der Waals surface area contributed by atoms with Gasteiger partial charge in [0.2, 0.25) is 0 Å². The van der Waals surface area contributed by atoms with Crippen LogP contribution >= 0.6 is 11.6 Å². The first-order chi connectivity index (χ1) is 8.84. The molecule has 0 spiro atoms. The second-order valence-electron chi connectivity index (χ2n) is 4.88. The predicted molar refractivity (Wildman–Crippen MR) is 68.3 cm³/mol. The Morgan fingerprint density at radius 3 is 2.32 bits per heavy atom. The summed E-state index contributed by atoms with van der Waals surface area (Å²) in [4.78, 5) is 0. The van der Waals surface area contributed by atoms with Crippen LogP contribution in [0.4, 0.5) is 18.9 Å². The van der Waals surface area contributed by atoms with Gasteiger partial charge in [-0.05, 0) is 43.9 Å². The van der Waals surface area contributed by atoms with E-state index in [9.17, 15) is 18.3 Å². The Morgan fingerprint density at radius 1 is 1.11 bits per heavy atom. The maximum absolute atomic E-state index is 12.7. The topological polar surface area (TPSA) is 32.3 Å². The minimum absolute atomic E-state index is 0.0631. The molecule has 0 atom stereocenters. The van der Waals surface area contributed by atoms with E-state index in [1.165, 1.54) is 6.07 Å². The molecule has 0 aromatic heterocycles. The highest BCUT2D eigenvalue weighted by Gasteiger charge is 2.31. The average molecular weight is 294 g/mol. The van der Waals surface area contributed by atoms with Crippen LogP contribution in [0.2, 0.25) is 5.02 Å². The lowest BCUT2D eigenvalue weighted by Gasteiger charge is -2.27. The van der Waals surface area contributed by atoms with Crippen LogP contribution in [0.5, 0.6) is 0 Å². The summed E-state index contributed by atoms with van der Waals surface area (Å²) in [6, 6.07) is 3.55. The number of anilines is 1. The molecule has 0 unspecified atom stereocenters. The van der Waals surface area contributed by atoms with E-state index in [1.54, 1.807) is 0 Å². The van der Waals surface area contributed by atoms with Crippen molar-refractivity contribution in [2.24, 2.45) is 0 Å². The molecule has 1 aromatic rings. The minimum Gasteiger partial charge on any atom is -0.393 e. The zero-order valence-corrected chi connectivity index (χ0v) is 10.9. The summed E-state index contributed by atoms with van der Waals surface area (Å²) in [5, 5.41) is 12.5. The van der Waals surface area contributed by atoms with Crippen LogP contribution in [0.3, 0.4) is 0 Å². The summed E-state index contributed by atoms with van der Waals surface area (Å²) in [5.74, 6) is 0. The third-order valence-corrected chi connectivity index (χ3v) is 3.51. The molecule has 2 nitrogen and oxygen atoms in total. The molecule has 1 fully saturated rings. The Morgan fingerprint density at radius 2 is 1.74 bits per heavy atom. The van der Waals surface area contributed by atoms with Gasteiger partial charge in [-0.25, -0.2) is 0 Å². The van der Waals surface area contributed by atoms with Crippen molar-refractivity contribution in [1.82, 2.24) is 0 Å². The van der Waals surface area contributed by atoms with Gasteiger partial charge in [-0.1, -0.05) is 11.6 Å². The lowest BCUT2D eigenvalue weighted by atomic mass is 9.93. The quantitative estimate of drug-likeness (QED) is 0.861. The minimum atomic E-state index is -4.40. The number of rotatable bonds is 2. The van der Waals surface area contributed by atoms with Gasteiger partial charge in [0, 0.05) is 16.8 Å². The summed E-state index contributed by atoms with van der Waals surface area (Å²) in [7, 11) is 0. The second kappa shape index (κ2) is 5.59. The standard InChI is InChI=1S/C13H15ClF3NO/c14-9-5-8(13(15,16)17)6-11(7-9)18-10-1-3-12(19)4-2-10/h5-7,10,12,18-19H,1-4H2. The average Bonchev–Trinajstić information content (AvgIpc) is 2.30. The molecular formula is C13H15ClF3NO. The van der Waals surface area contributed by atoms with Crippen molar-refractivity contribution in [1.29, 1.82) is 0 Å². The molecule has 0 saturated heterocycles. The first-order valence-electron chi connectivity index (χ1n) is 6.17. The molecule has 6 heteroatoms. The van der Waals surface area contributed by atoms with Crippen LogP contribution in [0.1, 0.15) is 31.2 Å². The van der Waals surface area contributed by atoms with E-state index in [2.05, 4.69) is 5.32 Å². The molecule has 0 bridgehead atoms. The number of nitrogens with one attached hydrogen (secondary N) is 1. The first kappa shape index (κ1) is 14.5. The lowest BCUT2D eigenvalue weighted by Crippen LogP contribution is -2.28. The van der Waals surface area contributed by atoms with Crippen molar-refractivity contribution in [2.45, 2.75) is 44.0 Å². The van der Waals surface area contributed by atoms with E-state index in [1.807, 2.05) is 0 Å². The number of hydrogen-bond donors (Lipinski definition) is 2. The summed E-state index contributed by atoms with van der Waals surface area (Å²) in [6.07, 6.45) is -1.86. The third-order valence-electron chi connectivity index (χ3n) is 3.29. The van der Waals surface area contributed by atoms with E-state index >= 15 is 0 Å². The van der Waals surface area contributed by atoms with Crippen molar-refractivity contribution in [3.8, 4) is 0 Å². The number of aliphatic hydroxyl groups is 1. The number of benzene rings is 1. The molecule has 0 aliphatic heterocycles. The van der Waals surface area contributed by atoms with Crippen LogP contribution in [0.25, 0.3) is 0 Å². The lowest BCUT2D eigenvalue weighted by molar-refractivity contribution is -0.137. The molecule has 1 saturated carbocycles. The van der Waals surface area contributed by atoms with Gasteiger partial charge in [-0.2, -0.15) is 13.2 Å². The van der Waals surface area contributed by atoms with E-state index in [4.69, 9.17) is 11.6 Å². The molecule has 0 radical (unpaired) electrons. The number of aliphatic hydroxyl groups excluding tert-OH is 1. The maximum atomic E-state index is 12.7. The fourth-order valence-electron chi connectivity index (χ4n) is 2.29. The molecule has 2 rings (SSSR count). The van der Waals surface area contributed by atoms with E-state index in [-0.39, 0.29) is 17.2 Å². The van der Waals surface area contributed by atoms with Gasteiger partial charge in [0.1, 0.15) is 0 Å². The summed E-state index contributed by atoms with van der Waals surface area (Å²) >= 11 is 5.72. The van der Waals surface area contributed by atoms with Crippen molar-refractivity contribution in [2.75, 3.05) is 5.32 Å². The van der Waals surface area contributed by atoms with E-state index < -0.39 is 11.7 Å². The van der Waals surface area contributed by atoms with Gasteiger partial charge in [-0.15, -0.1) is 0 Å². The van der Waals surface area contributed by atoms with Crippen LogP contribution in [-0.4, -0.2) is 17.3 Å². The van der Waals surface area contributed by atoms with Gasteiger partial charge in [0.25, 0.3) is 0 Å². The Kier molecular flexibility index (Phi) is 4.26. The zero-order chi connectivity index (χ0) is 14.0. The van der Waals surface area contributed by atoms with Gasteiger partial charge in [-0.3, -0.25) is 0 Å². The van der Waals surface area contributed by atoms with Gasteiger partial charge < -0.3 is 10.4 Å². The predicted octanol–water partition coefficient (Wildman–Crippen LogP) is 4.07. The number of hydrogen-bond acceptors (Lipinski definition) is 2. The van der Waals surface area contributed by atoms with Crippen molar-refractivity contribution in [3.63, 3.8) is 0 Å². The Bertz CT molecular complexity index is 442. The molecule has 1 aliphatic carbocycles. The molecule has 1 aromatic carbocycles. The van der Waals surface area contributed by atoms with Crippen LogP contribution in [-0.2, 0) is 6.18 Å². The molecule has 106 valence electrons. The fraction of sp³-hybridized carbons (Fsp3) is 0.538. The van der Waals surface area contributed by atoms with E-state index in [0.717, 1.165) is 25.0 Å². The molecule has 0 heterocycles. The summed E-state index contributed by atoms with van der Waals surface area (Å²) in [6.45, 7) is 0. The molecule has 1 aliphatic rings. The normalized spacial score (nSPS) is 24.3. The summed E-state index contributed by atoms with van der Waals surface area (Å²) in [5.41, 5.74) is -0.375. The van der Waals surface area contributed by atoms with E-state index in [0.29, 0.717) is 18.5 Å². The Balaban J connectivity index is 2.10. The molecule has 0 amide bonds. The van der Waals surface area contributed by atoms with Crippen molar-refractivity contribution >= 4 is 17.3 Å². The Labute approximate surface area is 114 Å². The highest BCUT2D eigenvalue weighted by Crippen LogP contribution is 2.34. The highest BCUT2D eigenvalue weighted by molar-refractivity contribution is 6.30. The Hall–Kier alpha value is -0.940. The third kappa shape index (κ3) is 4.01. The largest absolute Gasteiger partial charge is 0.416 e. The van der Waals surface area contributed by atoms with Crippen molar-refractivity contribution in [3.05, 3.63) is 28.8 Å². The van der Waals surface area contributed by atoms with Crippen LogP contribution in [0.15, 0.2) is 18.2 Å². The zero-order valence-electron chi connectivity index (χ0n) is 10.2. The number of alkyl halides is 3. The molecule has 2 N–H and O–H groups in total. The SMILES string of the molecule is OC1CCC(Nc2cc(Cl)cc(C(F)(F)F)c2)CC1. The molecular weight excluding hydrogens is 279 g/mol. The first-order valence-corrected chi connectivity index (χ1v) is 6.55. The van der Waals surface area contributed by atoms with Gasteiger partial charge >= 0.3 is 6.18 Å². The molecule has 19 heavy (non-hydrogen) atoms. The van der Waals surface area contributed by atoms with Crippen LogP contribution < -0.4 is 5.32 Å². The highest BCUT2D eigenvalue weighted by atomic mass is 35.5. The van der Waals surface area contributed by atoms with Gasteiger partial charge in [0.05, 0.1) is 11.7 Å². The maximum Gasteiger partial charge on any atom is 0.416 e. The summed E-state index contributed by atoms with van der Waals surface area (Å²) < 4.78 is 38.0.